The molecule has 0 N–H and O–H groups in total. The molecular weight excluding hydrogens is 228 g/mol. The lowest BCUT2D eigenvalue weighted by Crippen LogP contribution is -2.00. The summed E-state index contributed by atoms with van der Waals surface area (Å²) in [6.45, 7) is 0. The van der Waals surface area contributed by atoms with Crippen LogP contribution in [-0.2, 0) is 11.8 Å². The van der Waals surface area contributed by atoms with Crippen molar-refractivity contribution in [3.05, 3.63) is 47.8 Å². The number of methoxy groups -OCH3 is 1. The SMILES string of the molecule is COC(=O)c1ccc(-c2cn(C)cc2C#N)cc1. The fourth-order valence-electron chi connectivity index (χ4n) is 1.81. The highest BCUT2D eigenvalue weighted by atomic mass is 16.5. The highest BCUT2D eigenvalue weighted by Crippen LogP contribution is 2.24. The van der Waals surface area contributed by atoms with E-state index in [1.54, 1.807) is 18.3 Å². The van der Waals surface area contributed by atoms with Crippen LogP contribution in [0, 0.1) is 11.3 Å². The molecule has 1 aromatic carbocycles. The number of carbonyl (C=O) groups excluding carboxylic acids is 1. The molecule has 1 aromatic heterocycles. The Hall–Kier alpha value is -2.54. The number of aryl methyl sites for hydroxylation is 1. The average molecular weight is 240 g/mol. The lowest BCUT2D eigenvalue weighted by atomic mass is 10.0. The zero-order valence-corrected chi connectivity index (χ0v) is 10.2. The van der Waals surface area contributed by atoms with Crippen molar-refractivity contribution in [1.29, 1.82) is 5.26 Å². The van der Waals surface area contributed by atoms with Crippen molar-refractivity contribution in [2.75, 3.05) is 7.11 Å². The predicted molar refractivity (Wildman–Crippen MR) is 66.9 cm³/mol. The van der Waals surface area contributed by atoms with Gasteiger partial charge >= 0.3 is 5.97 Å². The molecule has 18 heavy (non-hydrogen) atoms. The Balaban J connectivity index is 2.40. The maximum absolute atomic E-state index is 11.3. The second-order valence-corrected chi connectivity index (χ2v) is 3.93. The van der Waals surface area contributed by atoms with Gasteiger partial charge in [0.1, 0.15) is 6.07 Å². The Labute approximate surface area is 105 Å². The summed E-state index contributed by atoms with van der Waals surface area (Å²) in [5.74, 6) is -0.366. The minimum absolute atomic E-state index is 0.366. The largest absolute Gasteiger partial charge is 0.465 e. The second-order valence-electron chi connectivity index (χ2n) is 3.93. The molecule has 1 heterocycles. The average Bonchev–Trinajstić information content (AvgIpc) is 2.79. The van der Waals surface area contributed by atoms with E-state index >= 15 is 0 Å². The fraction of sp³-hybridized carbons (Fsp3) is 0.143. The van der Waals surface area contributed by atoms with Crippen LogP contribution in [0.1, 0.15) is 15.9 Å². The third kappa shape index (κ3) is 2.11. The number of nitriles is 1. The van der Waals surface area contributed by atoms with E-state index in [1.165, 1.54) is 7.11 Å². The van der Waals surface area contributed by atoms with Crippen molar-refractivity contribution in [3.63, 3.8) is 0 Å². The standard InChI is InChI=1S/C14H12N2O2/c1-16-8-12(7-15)13(9-16)10-3-5-11(6-4-10)14(17)18-2/h3-6,8-9H,1-2H3. The summed E-state index contributed by atoms with van der Waals surface area (Å²) < 4.78 is 6.47. The molecule has 0 unspecified atom stereocenters. The number of hydrogen-bond donors (Lipinski definition) is 0. The first-order valence-corrected chi connectivity index (χ1v) is 5.40. The van der Waals surface area contributed by atoms with E-state index in [0.717, 1.165) is 11.1 Å². The van der Waals surface area contributed by atoms with E-state index in [0.29, 0.717) is 11.1 Å². The lowest BCUT2D eigenvalue weighted by molar-refractivity contribution is 0.0601. The first-order chi connectivity index (χ1) is 8.65. The number of carbonyl (C=O) groups is 1. The molecule has 0 saturated heterocycles. The number of hydrogen-bond acceptors (Lipinski definition) is 3. The Morgan fingerprint density at radius 3 is 2.50 bits per heavy atom. The predicted octanol–water partition coefficient (Wildman–Crippen LogP) is 2.35. The van der Waals surface area contributed by atoms with E-state index in [1.807, 2.05) is 29.9 Å². The number of esters is 1. The first kappa shape index (κ1) is 11.9. The minimum Gasteiger partial charge on any atom is -0.465 e. The third-order valence-corrected chi connectivity index (χ3v) is 2.69. The van der Waals surface area contributed by atoms with Crippen LogP contribution < -0.4 is 0 Å². The minimum atomic E-state index is -0.366. The van der Waals surface area contributed by atoms with E-state index < -0.39 is 0 Å². The maximum atomic E-state index is 11.3. The molecule has 0 amide bonds. The molecule has 0 radical (unpaired) electrons. The molecule has 90 valence electrons. The molecule has 2 aromatic rings. The molecule has 0 atom stereocenters. The Morgan fingerprint density at radius 2 is 1.94 bits per heavy atom. The van der Waals surface area contributed by atoms with Crippen LogP contribution in [0.4, 0.5) is 0 Å². The Kier molecular flexibility index (Phi) is 3.16. The Morgan fingerprint density at radius 1 is 1.28 bits per heavy atom. The molecule has 0 saturated carbocycles. The quantitative estimate of drug-likeness (QED) is 0.757. The van der Waals surface area contributed by atoms with Crippen LogP contribution in [0.5, 0.6) is 0 Å². The number of aromatic nitrogens is 1. The molecule has 0 aliphatic rings. The summed E-state index contributed by atoms with van der Waals surface area (Å²) in [5, 5.41) is 9.04. The number of ether oxygens (including phenoxy) is 1. The number of benzene rings is 1. The van der Waals surface area contributed by atoms with Gasteiger partial charge in [0.05, 0.1) is 18.2 Å². The Bertz CT molecular complexity index is 618. The zero-order valence-electron chi connectivity index (χ0n) is 10.2. The van der Waals surface area contributed by atoms with Crippen LogP contribution >= 0.6 is 0 Å². The van der Waals surface area contributed by atoms with Gasteiger partial charge in [-0.25, -0.2) is 4.79 Å². The van der Waals surface area contributed by atoms with Gasteiger partial charge in [-0.15, -0.1) is 0 Å². The summed E-state index contributed by atoms with van der Waals surface area (Å²) >= 11 is 0. The highest BCUT2D eigenvalue weighted by Gasteiger charge is 2.09. The van der Waals surface area contributed by atoms with Crippen molar-refractivity contribution >= 4 is 5.97 Å². The molecule has 0 spiro atoms. The molecular formula is C14H12N2O2. The lowest BCUT2D eigenvalue weighted by Gasteiger charge is -2.02. The van der Waals surface area contributed by atoms with E-state index in [-0.39, 0.29) is 5.97 Å². The van der Waals surface area contributed by atoms with E-state index in [2.05, 4.69) is 10.8 Å². The summed E-state index contributed by atoms with van der Waals surface area (Å²) in [4.78, 5) is 11.3. The monoisotopic (exact) mass is 240 g/mol. The van der Waals surface area contributed by atoms with Crippen molar-refractivity contribution in [3.8, 4) is 17.2 Å². The molecule has 0 fully saturated rings. The third-order valence-electron chi connectivity index (χ3n) is 2.69. The van der Waals surface area contributed by atoms with Crippen LogP contribution in [-0.4, -0.2) is 17.6 Å². The van der Waals surface area contributed by atoms with Crippen molar-refractivity contribution in [2.45, 2.75) is 0 Å². The highest BCUT2D eigenvalue weighted by molar-refractivity contribution is 5.90. The van der Waals surface area contributed by atoms with Gasteiger partial charge in [-0.05, 0) is 17.7 Å². The van der Waals surface area contributed by atoms with Gasteiger partial charge in [0.2, 0.25) is 0 Å². The van der Waals surface area contributed by atoms with Gasteiger partial charge in [0.15, 0.2) is 0 Å². The summed E-state index contributed by atoms with van der Waals surface area (Å²) in [6, 6.07) is 9.15. The van der Waals surface area contributed by atoms with Gasteiger partial charge in [-0.3, -0.25) is 0 Å². The van der Waals surface area contributed by atoms with Crippen molar-refractivity contribution < 1.29 is 9.53 Å². The summed E-state index contributed by atoms with van der Waals surface area (Å²) in [5.41, 5.74) is 2.87. The van der Waals surface area contributed by atoms with E-state index in [4.69, 9.17) is 5.26 Å². The van der Waals surface area contributed by atoms with Gasteiger partial charge in [0, 0.05) is 25.0 Å². The smallest absolute Gasteiger partial charge is 0.337 e. The van der Waals surface area contributed by atoms with Gasteiger partial charge in [-0.1, -0.05) is 12.1 Å². The number of nitrogens with zero attached hydrogens (tertiary/aromatic N) is 2. The molecule has 0 aliphatic carbocycles. The summed E-state index contributed by atoms with van der Waals surface area (Å²) in [6.07, 6.45) is 3.65. The topological polar surface area (TPSA) is 55.0 Å². The summed E-state index contributed by atoms with van der Waals surface area (Å²) in [7, 11) is 3.22. The first-order valence-electron chi connectivity index (χ1n) is 5.40. The van der Waals surface area contributed by atoms with Gasteiger partial charge in [0.25, 0.3) is 0 Å². The second kappa shape index (κ2) is 4.76. The molecule has 0 aliphatic heterocycles. The van der Waals surface area contributed by atoms with Gasteiger partial charge in [-0.2, -0.15) is 5.26 Å². The van der Waals surface area contributed by atoms with Crippen LogP contribution in [0.2, 0.25) is 0 Å². The van der Waals surface area contributed by atoms with Crippen LogP contribution in [0.15, 0.2) is 36.7 Å². The molecule has 0 bridgehead atoms. The molecule has 4 nitrogen and oxygen atoms in total. The van der Waals surface area contributed by atoms with Crippen LogP contribution in [0.25, 0.3) is 11.1 Å². The van der Waals surface area contributed by atoms with Gasteiger partial charge < -0.3 is 9.30 Å². The van der Waals surface area contributed by atoms with E-state index in [9.17, 15) is 4.79 Å². The molecule has 4 heteroatoms. The van der Waals surface area contributed by atoms with Crippen LogP contribution in [0.3, 0.4) is 0 Å². The number of rotatable bonds is 2. The normalized spacial score (nSPS) is 9.83. The maximum Gasteiger partial charge on any atom is 0.337 e. The van der Waals surface area contributed by atoms with Crippen molar-refractivity contribution in [2.24, 2.45) is 7.05 Å². The zero-order chi connectivity index (χ0) is 13.1. The van der Waals surface area contributed by atoms with Crippen molar-refractivity contribution in [1.82, 2.24) is 4.57 Å². The fourth-order valence-corrected chi connectivity index (χ4v) is 1.81. The molecule has 2 rings (SSSR count).